The molecule has 1 aliphatic rings. The van der Waals surface area contributed by atoms with Crippen LogP contribution in [0, 0.1) is 0 Å². The second-order valence-electron chi connectivity index (χ2n) is 5.01. The van der Waals surface area contributed by atoms with Gasteiger partial charge in [-0.25, -0.2) is 0 Å². The number of nitrogen functional groups attached to an aromatic ring is 1. The van der Waals surface area contributed by atoms with Crippen LogP contribution in [0.1, 0.15) is 29.6 Å². The molecule has 5 nitrogen and oxygen atoms in total. The normalized spacial score (nSPS) is 19.1. The summed E-state index contributed by atoms with van der Waals surface area (Å²) in [6, 6.07) is 5.23. The maximum Gasteiger partial charge on any atom is 0.250 e. The molecule has 1 aromatic carbocycles. The fourth-order valence-electron chi connectivity index (χ4n) is 2.44. The van der Waals surface area contributed by atoms with Gasteiger partial charge in [0.1, 0.15) is 0 Å². The summed E-state index contributed by atoms with van der Waals surface area (Å²) in [7, 11) is 1.94. The number of carbonyl (C=O) groups excluding carboxylic acids is 1. The Bertz CT molecular complexity index is 456. The molecule has 0 spiro atoms. The second-order valence-corrected chi connectivity index (χ2v) is 5.01. The number of likely N-dealkylation sites (N-methyl/N-ethyl adjacent to an activating group) is 1. The molecule has 1 aromatic rings. The first-order chi connectivity index (χ1) is 9.08. The minimum atomic E-state index is -0.460. The lowest BCUT2D eigenvalue weighted by atomic mass is 10.1. The van der Waals surface area contributed by atoms with Crippen molar-refractivity contribution in [3.8, 4) is 0 Å². The maximum atomic E-state index is 11.5. The molecule has 1 unspecified atom stereocenters. The molecule has 0 aromatic heterocycles. The minimum absolute atomic E-state index is 0.219. The van der Waals surface area contributed by atoms with Gasteiger partial charge in [-0.2, -0.15) is 0 Å². The monoisotopic (exact) mass is 263 g/mol. The van der Waals surface area contributed by atoms with Gasteiger partial charge >= 0.3 is 0 Å². The van der Waals surface area contributed by atoms with Gasteiger partial charge in [0, 0.05) is 31.6 Å². The first-order valence-corrected chi connectivity index (χ1v) is 6.60. The Labute approximate surface area is 113 Å². The van der Waals surface area contributed by atoms with Crippen molar-refractivity contribution >= 4 is 17.3 Å². The molecule has 1 amide bonds. The van der Waals surface area contributed by atoms with E-state index in [1.165, 1.54) is 6.42 Å². The number of amides is 1. The van der Waals surface area contributed by atoms with Crippen LogP contribution in [0.15, 0.2) is 18.2 Å². The summed E-state index contributed by atoms with van der Waals surface area (Å²) >= 11 is 0. The number of rotatable bonds is 4. The Balaban J connectivity index is 2.13. The van der Waals surface area contributed by atoms with Crippen LogP contribution in [0.2, 0.25) is 0 Å². The third-order valence-corrected chi connectivity index (χ3v) is 3.45. The van der Waals surface area contributed by atoms with Gasteiger partial charge in [-0.1, -0.05) is 0 Å². The van der Waals surface area contributed by atoms with Crippen LogP contribution in [0.4, 0.5) is 11.4 Å². The van der Waals surface area contributed by atoms with E-state index in [4.69, 9.17) is 16.2 Å². The van der Waals surface area contributed by atoms with E-state index in [0.717, 1.165) is 31.7 Å². The Kier molecular flexibility index (Phi) is 4.27. The van der Waals surface area contributed by atoms with E-state index >= 15 is 0 Å². The van der Waals surface area contributed by atoms with Gasteiger partial charge < -0.3 is 21.1 Å². The molecule has 1 saturated heterocycles. The van der Waals surface area contributed by atoms with Gasteiger partial charge in [-0.15, -0.1) is 0 Å². The lowest BCUT2D eigenvalue weighted by Crippen LogP contribution is -2.34. The number of hydrogen-bond acceptors (Lipinski definition) is 4. The average Bonchev–Trinajstić information content (AvgIpc) is 2.39. The summed E-state index contributed by atoms with van der Waals surface area (Å²) in [5, 5.41) is 0. The van der Waals surface area contributed by atoms with Crippen LogP contribution in [0.25, 0.3) is 0 Å². The summed E-state index contributed by atoms with van der Waals surface area (Å²) in [5.41, 5.74) is 12.9. The topological polar surface area (TPSA) is 81.6 Å². The van der Waals surface area contributed by atoms with Crippen LogP contribution in [0.3, 0.4) is 0 Å². The van der Waals surface area contributed by atoms with E-state index in [2.05, 4.69) is 0 Å². The summed E-state index contributed by atoms with van der Waals surface area (Å²) < 4.78 is 5.71. The molecule has 0 bridgehead atoms. The highest BCUT2D eigenvalue weighted by molar-refractivity contribution is 5.99. The molecule has 1 aliphatic heterocycles. The van der Waals surface area contributed by atoms with E-state index in [0.29, 0.717) is 11.3 Å². The van der Waals surface area contributed by atoms with Gasteiger partial charge in [-0.3, -0.25) is 4.79 Å². The quantitative estimate of drug-likeness (QED) is 0.804. The molecule has 1 heterocycles. The molecule has 0 saturated carbocycles. The van der Waals surface area contributed by atoms with Crippen molar-refractivity contribution in [3.05, 3.63) is 23.8 Å². The van der Waals surface area contributed by atoms with Crippen LogP contribution < -0.4 is 16.4 Å². The van der Waals surface area contributed by atoms with Crippen molar-refractivity contribution in [2.45, 2.75) is 25.4 Å². The smallest absolute Gasteiger partial charge is 0.250 e. The third-order valence-electron chi connectivity index (χ3n) is 3.45. The third kappa shape index (κ3) is 3.38. The largest absolute Gasteiger partial charge is 0.399 e. The van der Waals surface area contributed by atoms with Crippen LogP contribution in [-0.2, 0) is 4.74 Å². The number of hydrogen-bond donors (Lipinski definition) is 2. The van der Waals surface area contributed by atoms with Crippen molar-refractivity contribution < 1.29 is 9.53 Å². The zero-order valence-electron chi connectivity index (χ0n) is 11.3. The Morgan fingerprint density at radius 3 is 2.89 bits per heavy atom. The van der Waals surface area contributed by atoms with Gasteiger partial charge in [0.05, 0.1) is 11.7 Å². The zero-order chi connectivity index (χ0) is 13.8. The lowest BCUT2D eigenvalue weighted by Gasteiger charge is -2.29. The summed E-state index contributed by atoms with van der Waals surface area (Å²) in [5.74, 6) is -0.460. The average molecular weight is 263 g/mol. The second kappa shape index (κ2) is 5.93. The van der Waals surface area contributed by atoms with Crippen molar-refractivity contribution in [2.24, 2.45) is 5.73 Å². The van der Waals surface area contributed by atoms with Crippen LogP contribution in [-0.4, -0.2) is 32.2 Å². The van der Waals surface area contributed by atoms with Crippen molar-refractivity contribution in [3.63, 3.8) is 0 Å². The van der Waals surface area contributed by atoms with E-state index in [9.17, 15) is 4.79 Å². The van der Waals surface area contributed by atoms with Crippen molar-refractivity contribution in [1.82, 2.24) is 0 Å². The number of benzene rings is 1. The van der Waals surface area contributed by atoms with Gasteiger partial charge in [-0.05, 0) is 37.5 Å². The standard InChI is InChI=1S/C14H21N3O2/c1-17(9-11-4-2-3-7-19-11)13-6-5-10(15)8-12(13)14(16)18/h5-6,8,11H,2-4,7,9,15H2,1H3,(H2,16,18). The molecule has 104 valence electrons. The van der Waals surface area contributed by atoms with E-state index in [1.807, 2.05) is 18.0 Å². The number of ether oxygens (including phenoxy) is 1. The first-order valence-electron chi connectivity index (χ1n) is 6.60. The maximum absolute atomic E-state index is 11.5. The number of anilines is 2. The number of primary amides is 1. The molecule has 1 fully saturated rings. The highest BCUT2D eigenvalue weighted by atomic mass is 16.5. The Morgan fingerprint density at radius 2 is 2.26 bits per heavy atom. The van der Waals surface area contributed by atoms with Crippen molar-refractivity contribution in [1.29, 1.82) is 0 Å². The van der Waals surface area contributed by atoms with Gasteiger partial charge in [0.15, 0.2) is 0 Å². The molecule has 0 radical (unpaired) electrons. The zero-order valence-corrected chi connectivity index (χ0v) is 11.3. The molecule has 2 rings (SSSR count). The van der Waals surface area contributed by atoms with Crippen molar-refractivity contribution in [2.75, 3.05) is 30.8 Å². The van der Waals surface area contributed by atoms with E-state index in [-0.39, 0.29) is 6.10 Å². The van der Waals surface area contributed by atoms with Gasteiger partial charge in [0.25, 0.3) is 5.91 Å². The van der Waals surface area contributed by atoms with E-state index < -0.39 is 5.91 Å². The minimum Gasteiger partial charge on any atom is -0.399 e. The summed E-state index contributed by atoms with van der Waals surface area (Å²) in [6.45, 7) is 1.58. The molecular weight excluding hydrogens is 242 g/mol. The van der Waals surface area contributed by atoms with Crippen LogP contribution >= 0.6 is 0 Å². The fourth-order valence-corrected chi connectivity index (χ4v) is 2.44. The molecule has 19 heavy (non-hydrogen) atoms. The number of nitrogens with zero attached hydrogens (tertiary/aromatic N) is 1. The Morgan fingerprint density at radius 1 is 1.47 bits per heavy atom. The predicted octanol–water partition coefficient (Wildman–Crippen LogP) is 1.37. The molecule has 0 aliphatic carbocycles. The number of nitrogens with two attached hydrogens (primary N) is 2. The summed E-state index contributed by atoms with van der Waals surface area (Å²) in [4.78, 5) is 13.5. The molecule has 1 atom stereocenters. The number of carbonyl (C=O) groups is 1. The SMILES string of the molecule is CN(CC1CCCCO1)c1ccc(N)cc1C(N)=O. The first kappa shape index (κ1) is 13.7. The highest BCUT2D eigenvalue weighted by Gasteiger charge is 2.19. The van der Waals surface area contributed by atoms with E-state index in [1.54, 1.807) is 12.1 Å². The summed E-state index contributed by atoms with van der Waals surface area (Å²) in [6.07, 6.45) is 3.61. The predicted molar refractivity (Wildman–Crippen MR) is 76.2 cm³/mol. The lowest BCUT2D eigenvalue weighted by molar-refractivity contribution is 0.0216. The Hall–Kier alpha value is -1.75. The molecule has 4 N–H and O–H groups in total. The van der Waals surface area contributed by atoms with Gasteiger partial charge in [0.2, 0.25) is 0 Å². The van der Waals surface area contributed by atoms with Crippen LogP contribution in [0.5, 0.6) is 0 Å². The molecular formula is C14H21N3O2. The highest BCUT2D eigenvalue weighted by Crippen LogP contribution is 2.23. The fraction of sp³-hybridized carbons (Fsp3) is 0.500. The molecule has 5 heteroatoms.